The number of anilines is 1. The molecule has 0 aliphatic carbocycles. The topological polar surface area (TPSA) is 75.4 Å². The van der Waals surface area contributed by atoms with Gasteiger partial charge in [-0.1, -0.05) is 18.2 Å². The van der Waals surface area contributed by atoms with E-state index in [4.69, 9.17) is 5.73 Å². The lowest BCUT2D eigenvalue weighted by Crippen LogP contribution is -2.41. The van der Waals surface area contributed by atoms with Crippen molar-refractivity contribution in [2.75, 3.05) is 18.4 Å². The fourth-order valence-electron chi connectivity index (χ4n) is 2.67. The summed E-state index contributed by atoms with van der Waals surface area (Å²) in [6.07, 6.45) is 2.66. The van der Waals surface area contributed by atoms with Gasteiger partial charge in [0, 0.05) is 37.2 Å². The van der Waals surface area contributed by atoms with Gasteiger partial charge in [0.1, 0.15) is 0 Å². The van der Waals surface area contributed by atoms with Crippen LogP contribution in [0.15, 0.2) is 30.3 Å². The van der Waals surface area contributed by atoms with Crippen molar-refractivity contribution in [2.45, 2.75) is 38.6 Å². The number of hydrogen-bond donors (Lipinski definition) is 2. The van der Waals surface area contributed by atoms with Crippen molar-refractivity contribution < 1.29 is 9.59 Å². The van der Waals surface area contributed by atoms with E-state index in [1.807, 2.05) is 42.2 Å². The van der Waals surface area contributed by atoms with Crippen molar-refractivity contribution in [3.8, 4) is 0 Å². The smallest absolute Gasteiger partial charge is 0.227 e. The van der Waals surface area contributed by atoms with E-state index in [1.54, 1.807) is 0 Å². The molecule has 1 aromatic rings. The molecule has 2 amide bonds. The number of amides is 2. The molecule has 0 aromatic heterocycles. The molecule has 128 valence electrons. The standard InChI is InChI=1S/C17H25N3O2.ClH/c1-13(18)7-8-16(21)20-11-9-14(10-12-20)17(22)19-15-5-3-2-4-6-15;/h2-6,13-14H,7-12,18H2,1H3,(H,19,22);1H. The van der Waals surface area contributed by atoms with Crippen LogP contribution in [-0.4, -0.2) is 35.8 Å². The van der Waals surface area contributed by atoms with Crippen LogP contribution < -0.4 is 11.1 Å². The quantitative estimate of drug-likeness (QED) is 0.865. The Hall–Kier alpha value is -1.59. The zero-order valence-corrected chi connectivity index (χ0v) is 14.3. The molecule has 1 aliphatic heterocycles. The van der Waals surface area contributed by atoms with Crippen LogP contribution in [0.25, 0.3) is 0 Å². The normalized spacial score (nSPS) is 16.3. The molecule has 0 saturated carbocycles. The van der Waals surface area contributed by atoms with Gasteiger partial charge >= 0.3 is 0 Å². The maximum atomic E-state index is 12.2. The summed E-state index contributed by atoms with van der Waals surface area (Å²) in [5, 5.41) is 2.94. The van der Waals surface area contributed by atoms with E-state index in [-0.39, 0.29) is 36.2 Å². The average Bonchev–Trinajstić information content (AvgIpc) is 2.53. The average molecular weight is 340 g/mol. The molecule has 5 nitrogen and oxygen atoms in total. The zero-order valence-electron chi connectivity index (χ0n) is 13.5. The lowest BCUT2D eigenvalue weighted by molar-refractivity contribution is -0.134. The molecule has 1 saturated heterocycles. The van der Waals surface area contributed by atoms with Gasteiger partial charge < -0.3 is 16.0 Å². The Labute approximate surface area is 144 Å². The van der Waals surface area contributed by atoms with Gasteiger partial charge in [0.15, 0.2) is 0 Å². The van der Waals surface area contributed by atoms with Gasteiger partial charge in [0.2, 0.25) is 11.8 Å². The van der Waals surface area contributed by atoms with E-state index in [9.17, 15) is 9.59 Å². The second-order valence-corrected chi connectivity index (χ2v) is 6.03. The molecule has 23 heavy (non-hydrogen) atoms. The number of nitrogens with one attached hydrogen (secondary N) is 1. The molecular weight excluding hydrogens is 314 g/mol. The Morgan fingerprint density at radius 1 is 1.26 bits per heavy atom. The third kappa shape index (κ3) is 6.20. The van der Waals surface area contributed by atoms with Crippen LogP contribution in [0.1, 0.15) is 32.6 Å². The van der Waals surface area contributed by atoms with Crippen molar-refractivity contribution in [1.82, 2.24) is 4.90 Å². The number of rotatable bonds is 5. The number of nitrogens with two attached hydrogens (primary N) is 1. The van der Waals surface area contributed by atoms with Gasteiger partial charge in [-0.2, -0.15) is 0 Å². The molecule has 0 bridgehead atoms. The summed E-state index contributed by atoms with van der Waals surface area (Å²) in [6, 6.07) is 9.53. The Morgan fingerprint density at radius 2 is 1.87 bits per heavy atom. The van der Waals surface area contributed by atoms with Crippen LogP contribution in [0.5, 0.6) is 0 Å². The van der Waals surface area contributed by atoms with Crippen LogP contribution in [0.4, 0.5) is 5.69 Å². The van der Waals surface area contributed by atoms with Gasteiger partial charge in [0.25, 0.3) is 0 Å². The Morgan fingerprint density at radius 3 is 2.43 bits per heavy atom. The maximum absolute atomic E-state index is 12.2. The summed E-state index contributed by atoms with van der Waals surface area (Å²) in [4.78, 5) is 26.1. The van der Waals surface area contributed by atoms with E-state index >= 15 is 0 Å². The first-order valence-corrected chi connectivity index (χ1v) is 7.95. The molecule has 1 aromatic carbocycles. The molecule has 2 rings (SSSR count). The van der Waals surface area contributed by atoms with Crippen molar-refractivity contribution >= 4 is 29.9 Å². The second-order valence-electron chi connectivity index (χ2n) is 6.03. The molecule has 1 fully saturated rings. The highest BCUT2D eigenvalue weighted by Gasteiger charge is 2.27. The van der Waals surface area contributed by atoms with Crippen LogP contribution in [0, 0.1) is 5.92 Å². The summed E-state index contributed by atoms with van der Waals surface area (Å²) in [6.45, 7) is 3.22. The number of piperidine rings is 1. The first kappa shape index (κ1) is 19.5. The lowest BCUT2D eigenvalue weighted by atomic mass is 9.95. The van der Waals surface area contributed by atoms with Crippen molar-refractivity contribution in [3.05, 3.63) is 30.3 Å². The van der Waals surface area contributed by atoms with E-state index in [1.165, 1.54) is 0 Å². The first-order valence-electron chi connectivity index (χ1n) is 7.95. The van der Waals surface area contributed by atoms with Crippen molar-refractivity contribution in [2.24, 2.45) is 11.7 Å². The zero-order chi connectivity index (χ0) is 15.9. The fraction of sp³-hybridized carbons (Fsp3) is 0.529. The van der Waals surface area contributed by atoms with Crippen LogP contribution in [-0.2, 0) is 9.59 Å². The van der Waals surface area contributed by atoms with E-state index < -0.39 is 0 Å². The molecular formula is C17H26ClN3O2. The molecule has 3 N–H and O–H groups in total. The van der Waals surface area contributed by atoms with E-state index in [0.717, 1.165) is 18.5 Å². The number of nitrogens with zero attached hydrogens (tertiary/aromatic N) is 1. The van der Waals surface area contributed by atoms with E-state index in [0.29, 0.717) is 25.9 Å². The highest BCUT2D eigenvalue weighted by Crippen LogP contribution is 2.20. The monoisotopic (exact) mass is 339 g/mol. The maximum Gasteiger partial charge on any atom is 0.227 e. The van der Waals surface area contributed by atoms with Gasteiger partial charge in [-0.3, -0.25) is 9.59 Å². The predicted molar refractivity (Wildman–Crippen MR) is 94.5 cm³/mol. The molecule has 1 unspecified atom stereocenters. The molecule has 1 aliphatic rings. The van der Waals surface area contributed by atoms with Gasteiger partial charge in [-0.15, -0.1) is 12.4 Å². The van der Waals surface area contributed by atoms with Gasteiger partial charge in [-0.05, 0) is 38.3 Å². The summed E-state index contributed by atoms with van der Waals surface area (Å²) >= 11 is 0. The van der Waals surface area contributed by atoms with Crippen molar-refractivity contribution in [1.29, 1.82) is 0 Å². The minimum atomic E-state index is -0.0160. The molecule has 6 heteroatoms. The first-order chi connectivity index (χ1) is 10.6. The number of halogens is 1. The largest absolute Gasteiger partial charge is 0.343 e. The number of likely N-dealkylation sites (tertiary alicyclic amines) is 1. The number of carbonyl (C=O) groups excluding carboxylic acids is 2. The lowest BCUT2D eigenvalue weighted by Gasteiger charge is -2.31. The minimum absolute atomic E-state index is 0. The summed E-state index contributed by atoms with van der Waals surface area (Å²) in [5.41, 5.74) is 6.50. The predicted octanol–water partition coefficient (Wildman–Crippen LogP) is 2.41. The fourth-order valence-corrected chi connectivity index (χ4v) is 2.67. The summed E-state index contributed by atoms with van der Waals surface area (Å²) in [5.74, 6) is 0.186. The Bertz CT molecular complexity index is 500. The van der Waals surface area contributed by atoms with Crippen LogP contribution in [0.3, 0.4) is 0 Å². The van der Waals surface area contributed by atoms with Crippen LogP contribution >= 0.6 is 12.4 Å². The number of para-hydroxylation sites is 1. The minimum Gasteiger partial charge on any atom is -0.343 e. The summed E-state index contributed by atoms with van der Waals surface area (Å²) in [7, 11) is 0. The highest BCUT2D eigenvalue weighted by molar-refractivity contribution is 5.92. The highest BCUT2D eigenvalue weighted by atomic mass is 35.5. The molecule has 0 radical (unpaired) electrons. The SMILES string of the molecule is CC(N)CCC(=O)N1CCC(C(=O)Nc2ccccc2)CC1.Cl. The number of benzene rings is 1. The van der Waals surface area contributed by atoms with Gasteiger partial charge in [-0.25, -0.2) is 0 Å². The molecule has 1 heterocycles. The van der Waals surface area contributed by atoms with Crippen molar-refractivity contribution in [3.63, 3.8) is 0 Å². The number of hydrogen-bond acceptors (Lipinski definition) is 3. The third-order valence-corrected chi connectivity index (χ3v) is 4.07. The number of carbonyl (C=O) groups is 2. The molecule has 1 atom stereocenters. The van der Waals surface area contributed by atoms with Gasteiger partial charge in [0.05, 0.1) is 0 Å². The van der Waals surface area contributed by atoms with Crippen LogP contribution in [0.2, 0.25) is 0 Å². The second kappa shape index (κ2) is 9.53. The summed E-state index contributed by atoms with van der Waals surface area (Å²) < 4.78 is 0. The Balaban J connectivity index is 0.00000264. The molecule has 0 spiro atoms. The third-order valence-electron chi connectivity index (χ3n) is 4.07. The van der Waals surface area contributed by atoms with E-state index in [2.05, 4.69) is 5.32 Å². The Kier molecular flexibility index (Phi) is 8.06.